The van der Waals surface area contributed by atoms with Crippen LogP contribution in [0.3, 0.4) is 0 Å². The molecule has 0 aliphatic heterocycles. The van der Waals surface area contributed by atoms with E-state index < -0.39 is 13.9 Å². The van der Waals surface area contributed by atoms with Crippen molar-refractivity contribution in [3.63, 3.8) is 0 Å². The molecule has 0 unspecified atom stereocenters. The molecule has 0 saturated carbocycles. The zero-order valence-electron chi connectivity index (χ0n) is 8.08. The molecule has 80 valence electrons. The monoisotopic (exact) mass is 409 g/mol. The predicted molar refractivity (Wildman–Crippen MR) is 62.6 cm³/mol. The van der Waals surface area contributed by atoms with E-state index >= 15 is 0 Å². The average molecular weight is 410 g/mol. The van der Waals surface area contributed by atoms with Gasteiger partial charge in [0.15, 0.2) is 0 Å². The summed E-state index contributed by atoms with van der Waals surface area (Å²) in [5.74, 6) is 0. The van der Waals surface area contributed by atoms with Gasteiger partial charge < -0.3 is 4.90 Å². The van der Waals surface area contributed by atoms with Gasteiger partial charge in [0, 0.05) is 21.7 Å². The molecular weight excluding hydrogens is 394 g/mol. The number of nitrogens with zero attached hydrogens (tertiary/aromatic N) is 1. The third kappa shape index (κ3) is 31.3. The van der Waals surface area contributed by atoms with Gasteiger partial charge in [0.1, 0.15) is 0 Å². The normalized spacial score (nSPS) is 10.2. The molecule has 13 heavy (non-hydrogen) atoms. The van der Waals surface area contributed by atoms with Crippen molar-refractivity contribution in [2.75, 3.05) is 19.6 Å². The van der Waals surface area contributed by atoms with Gasteiger partial charge in [0.05, 0.1) is 0 Å². The fraction of sp³-hybridized carbons (Fsp3) is 1.00. The quantitative estimate of drug-likeness (QED) is 0.642. The SMILES string of the molecule is CCN(CC)CC.[Cl][Sn]([Cl])([Cl])[Cl].[Ti]. The van der Waals surface area contributed by atoms with E-state index in [0.717, 1.165) is 0 Å². The molecule has 0 saturated heterocycles. The van der Waals surface area contributed by atoms with Crippen molar-refractivity contribution in [2.45, 2.75) is 20.8 Å². The molecule has 0 aromatic rings. The Balaban J connectivity index is -0.000000150. The van der Waals surface area contributed by atoms with Crippen molar-refractivity contribution >= 4 is 49.6 Å². The minimum Gasteiger partial charge on any atom is 0 e. The van der Waals surface area contributed by atoms with Gasteiger partial charge in [0.25, 0.3) is 0 Å². The summed E-state index contributed by atoms with van der Waals surface area (Å²) in [5.41, 5.74) is 0. The van der Waals surface area contributed by atoms with E-state index in [2.05, 4.69) is 25.7 Å². The van der Waals surface area contributed by atoms with Crippen LogP contribution in [0.5, 0.6) is 0 Å². The van der Waals surface area contributed by atoms with Crippen LogP contribution in [0.25, 0.3) is 0 Å². The maximum atomic E-state index is 5.04. The van der Waals surface area contributed by atoms with Crippen LogP contribution in [-0.4, -0.2) is 38.4 Å². The molecule has 7 heteroatoms. The molecule has 0 radical (unpaired) electrons. The molecule has 0 amide bonds. The van der Waals surface area contributed by atoms with E-state index in [1.807, 2.05) is 0 Å². The fourth-order valence-corrected chi connectivity index (χ4v) is 0.671. The van der Waals surface area contributed by atoms with Crippen LogP contribution >= 0.6 is 35.7 Å². The van der Waals surface area contributed by atoms with Gasteiger partial charge >= 0.3 is 49.6 Å². The molecule has 0 aromatic heterocycles. The molecule has 0 fully saturated rings. The first-order valence-electron chi connectivity index (χ1n) is 3.83. The third-order valence-corrected chi connectivity index (χ3v) is 1.34. The van der Waals surface area contributed by atoms with E-state index in [-0.39, 0.29) is 21.7 Å². The van der Waals surface area contributed by atoms with Crippen LogP contribution in [0.2, 0.25) is 0 Å². The van der Waals surface area contributed by atoms with Crippen molar-refractivity contribution in [2.24, 2.45) is 0 Å². The van der Waals surface area contributed by atoms with Crippen LogP contribution in [0.4, 0.5) is 0 Å². The zero-order valence-corrected chi connectivity index (χ0v) is 15.5. The molecule has 0 aliphatic rings. The molecule has 0 rings (SSSR count). The Labute approximate surface area is 115 Å². The molecule has 0 aromatic carbocycles. The Kier molecular flexibility index (Phi) is 20.5. The molecule has 0 N–H and O–H groups in total. The summed E-state index contributed by atoms with van der Waals surface area (Å²) < 4.78 is 0. The van der Waals surface area contributed by atoms with E-state index in [0.29, 0.717) is 0 Å². The van der Waals surface area contributed by atoms with Gasteiger partial charge in [-0.3, -0.25) is 0 Å². The molecule has 0 heterocycles. The fourth-order valence-electron chi connectivity index (χ4n) is 0.671. The second kappa shape index (κ2) is 12.7. The Morgan fingerprint density at radius 2 is 1.00 bits per heavy atom. The summed E-state index contributed by atoms with van der Waals surface area (Å²) in [7, 11) is 20.1. The maximum Gasteiger partial charge on any atom is 0 e. The van der Waals surface area contributed by atoms with Gasteiger partial charge in [-0.25, -0.2) is 0 Å². The van der Waals surface area contributed by atoms with Crippen molar-refractivity contribution < 1.29 is 21.7 Å². The smallest absolute Gasteiger partial charge is 0 e. The Morgan fingerprint density at radius 3 is 1.00 bits per heavy atom. The summed E-state index contributed by atoms with van der Waals surface area (Å²) in [5, 5.41) is 0. The van der Waals surface area contributed by atoms with Crippen LogP contribution < -0.4 is 0 Å². The van der Waals surface area contributed by atoms with Gasteiger partial charge in [-0.1, -0.05) is 20.8 Å². The van der Waals surface area contributed by atoms with Crippen molar-refractivity contribution in [3.05, 3.63) is 0 Å². The minimum atomic E-state index is -3.29. The van der Waals surface area contributed by atoms with Crippen LogP contribution in [0.15, 0.2) is 0 Å². The molecule has 0 atom stereocenters. The van der Waals surface area contributed by atoms with Crippen molar-refractivity contribution in [3.8, 4) is 0 Å². The van der Waals surface area contributed by atoms with Crippen LogP contribution in [-0.2, 0) is 21.7 Å². The zero-order chi connectivity index (χ0) is 10.2. The summed E-state index contributed by atoms with van der Waals surface area (Å²) in [6, 6.07) is 0. The van der Waals surface area contributed by atoms with Gasteiger partial charge in [-0.05, 0) is 19.6 Å². The number of halogens is 4. The topological polar surface area (TPSA) is 3.24 Å². The van der Waals surface area contributed by atoms with E-state index in [4.69, 9.17) is 35.7 Å². The first kappa shape index (κ1) is 21.0. The van der Waals surface area contributed by atoms with E-state index in [9.17, 15) is 0 Å². The maximum absolute atomic E-state index is 5.04. The molecular formula is C6H15Cl4NSnTi. The number of rotatable bonds is 3. The number of hydrogen-bond donors (Lipinski definition) is 0. The molecule has 1 nitrogen and oxygen atoms in total. The summed E-state index contributed by atoms with van der Waals surface area (Å²) in [4.78, 5) is 2.38. The second-order valence-corrected chi connectivity index (χ2v) is 27.5. The second-order valence-electron chi connectivity index (χ2n) is 2.05. The average Bonchev–Trinajstić information content (AvgIpc) is 1.88. The van der Waals surface area contributed by atoms with Gasteiger partial charge in [0.2, 0.25) is 0 Å². The predicted octanol–water partition coefficient (Wildman–Crippen LogP) is 3.72. The third-order valence-electron chi connectivity index (χ3n) is 1.34. The standard InChI is InChI=1S/C6H15N.4ClH.Sn.Ti/c1-4-7(5-2)6-3;;;;;;/h4-6H2,1-3H3;4*1H;;/q;;;;;+4;/p-4. The summed E-state index contributed by atoms with van der Waals surface area (Å²) >= 11 is -3.29. The summed E-state index contributed by atoms with van der Waals surface area (Å²) in [6.45, 7) is 10.1. The Bertz CT molecular complexity index is 85.6. The number of hydrogen-bond acceptors (Lipinski definition) is 1. The Morgan fingerprint density at radius 1 is 0.846 bits per heavy atom. The first-order valence-corrected chi connectivity index (χ1v) is 18.3. The van der Waals surface area contributed by atoms with Gasteiger partial charge in [-0.2, -0.15) is 0 Å². The Hall–Kier alpha value is 2.63. The van der Waals surface area contributed by atoms with Crippen LogP contribution in [0.1, 0.15) is 20.8 Å². The molecule has 0 bridgehead atoms. The van der Waals surface area contributed by atoms with Crippen molar-refractivity contribution in [1.82, 2.24) is 4.90 Å². The first-order chi connectivity index (χ1) is 5.35. The van der Waals surface area contributed by atoms with Crippen molar-refractivity contribution in [1.29, 1.82) is 0 Å². The van der Waals surface area contributed by atoms with Gasteiger partial charge in [-0.15, -0.1) is 0 Å². The van der Waals surface area contributed by atoms with Crippen LogP contribution in [0, 0.1) is 0 Å². The van der Waals surface area contributed by atoms with E-state index in [1.165, 1.54) is 19.6 Å². The minimum absolute atomic E-state index is 0. The molecule has 0 aliphatic carbocycles. The summed E-state index contributed by atoms with van der Waals surface area (Å²) in [6.07, 6.45) is 0. The van der Waals surface area contributed by atoms with E-state index in [1.54, 1.807) is 0 Å². The molecule has 0 spiro atoms. The largest absolute Gasteiger partial charge is 0 e.